The molecule has 17 heavy (non-hydrogen) atoms. The molecule has 0 saturated carbocycles. The first kappa shape index (κ1) is 13.0. The first-order chi connectivity index (χ1) is 8.06. The zero-order valence-electron chi connectivity index (χ0n) is 9.70. The Morgan fingerprint density at radius 2 is 2.29 bits per heavy atom. The second kappa shape index (κ2) is 5.46. The number of benzene rings is 1. The molecule has 3 unspecified atom stereocenters. The van der Waals surface area contributed by atoms with E-state index in [1.54, 1.807) is 0 Å². The molecule has 1 aliphatic heterocycles. The largest absolute Gasteiger partial charge is 0.390 e. The lowest BCUT2D eigenvalue weighted by Gasteiger charge is -2.21. The highest BCUT2D eigenvalue weighted by molar-refractivity contribution is 9.10. The molecule has 1 heterocycles. The van der Waals surface area contributed by atoms with Crippen LogP contribution >= 0.6 is 15.9 Å². The van der Waals surface area contributed by atoms with E-state index in [-0.39, 0.29) is 11.9 Å². The summed E-state index contributed by atoms with van der Waals surface area (Å²) in [6, 6.07) is 4.68. The van der Waals surface area contributed by atoms with Crippen LogP contribution in [0.15, 0.2) is 22.7 Å². The number of halogens is 2. The molecule has 1 saturated heterocycles. The van der Waals surface area contributed by atoms with E-state index < -0.39 is 6.10 Å². The van der Waals surface area contributed by atoms with Crippen LogP contribution in [0.1, 0.15) is 18.9 Å². The van der Waals surface area contributed by atoms with Crippen molar-refractivity contribution in [2.45, 2.75) is 32.0 Å². The summed E-state index contributed by atoms with van der Waals surface area (Å²) in [4.78, 5) is 0. The second-order valence-corrected chi connectivity index (χ2v) is 5.57. The summed E-state index contributed by atoms with van der Waals surface area (Å²) >= 11 is 3.25. The van der Waals surface area contributed by atoms with E-state index in [0.29, 0.717) is 23.4 Å². The highest BCUT2D eigenvalue weighted by Crippen LogP contribution is 2.25. The summed E-state index contributed by atoms with van der Waals surface area (Å²) in [5.74, 6) is 0.0731. The maximum Gasteiger partial charge on any atom is 0.124 e. The van der Waals surface area contributed by atoms with Gasteiger partial charge in [0, 0.05) is 17.5 Å². The number of aliphatic hydroxyl groups is 1. The van der Waals surface area contributed by atoms with Gasteiger partial charge in [0.05, 0.1) is 12.2 Å². The highest BCUT2D eigenvalue weighted by Gasteiger charge is 2.30. The van der Waals surface area contributed by atoms with Gasteiger partial charge >= 0.3 is 0 Å². The van der Waals surface area contributed by atoms with Gasteiger partial charge in [-0.05, 0) is 36.1 Å². The molecule has 0 bridgehead atoms. The zero-order valence-corrected chi connectivity index (χ0v) is 11.3. The maximum atomic E-state index is 13.2. The molecule has 0 radical (unpaired) electrons. The lowest BCUT2D eigenvalue weighted by atomic mass is 9.95. The van der Waals surface area contributed by atoms with Crippen molar-refractivity contribution in [1.82, 2.24) is 0 Å². The third-order valence-corrected chi connectivity index (χ3v) is 3.65. The SMILES string of the molecule is CC1CCOC1C(O)Cc1cc(F)cc(Br)c1. The van der Waals surface area contributed by atoms with Gasteiger partial charge in [0.25, 0.3) is 0 Å². The average Bonchev–Trinajstić information content (AvgIpc) is 2.62. The van der Waals surface area contributed by atoms with Crippen LogP contribution in [0, 0.1) is 11.7 Å². The van der Waals surface area contributed by atoms with Crippen LogP contribution in [0.3, 0.4) is 0 Å². The Balaban J connectivity index is 2.04. The molecule has 2 nitrogen and oxygen atoms in total. The number of hydrogen-bond donors (Lipinski definition) is 1. The molecule has 3 atom stereocenters. The summed E-state index contributed by atoms with van der Waals surface area (Å²) in [5, 5.41) is 10.1. The van der Waals surface area contributed by atoms with Gasteiger partial charge in [-0.25, -0.2) is 4.39 Å². The number of hydrogen-bond acceptors (Lipinski definition) is 2. The molecular weight excluding hydrogens is 287 g/mol. The molecule has 94 valence electrons. The van der Waals surface area contributed by atoms with Crippen LogP contribution in [0.5, 0.6) is 0 Å². The lowest BCUT2D eigenvalue weighted by molar-refractivity contribution is -0.0157. The smallest absolute Gasteiger partial charge is 0.124 e. The Morgan fingerprint density at radius 1 is 1.53 bits per heavy atom. The average molecular weight is 303 g/mol. The summed E-state index contributed by atoms with van der Waals surface area (Å²) in [7, 11) is 0. The van der Waals surface area contributed by atoms with E-state index in [4.69, 9.17) is 4.74 Å². The van der Waals surface area contributed by atoms with Crippen molar-refractivity contribution < 1.29 is 14.2 Å². The molecule has 1 fully saturated rings. The van der Waals surface area contributed by atoms with E-state index >= 15 is 0 Å². The van der Waals surface area contributed by atoms with Crippen molar-refractivity contribution in [3.05, 3.63) is 34.1 Å². The highest BCUT2D eigenvalue weighted by atomic mass is 79.9. The first-order valence-corrected chi connectivity index (χ1v) is 6.60. The van der Waals surface area contributed by atoms with Crippen LogP contribution < -0.4 is 0 Å². The summed E-state index contributed by atoms with van der Waals surface area (Å²) in [6.45, 7) is 2.78. The van der Waals surface area contributed by atoms with Crippen molar-refractivity contribution in [1.29, 1.82) is 0 Å². The molecule has 4 heteroatoms. The van der Waals surface area contributed by atoms with E-state index in [2.05, 4.69) is 22.9 Å². The van der Waals surface area contributed by atoms with Crippen LogP contribution in [0.25, 0.3) is 0 Å². The minimum absolute atomic E-state index is 0.128. The monoisotopic (exact) mass is 302 g/mol. The number of aliphatic hydroxyl groups excluding tert-OH is 1. The molecular formula is C13H16BrFO2. The lowest BCUT2D eigenvalue weighted by Crippen LogP contribution is -2.31. The summed E-state index contributed by atoms with van der Waals surface area (Å²) in [5.41, 5.74) is 0.784. The van der Waals surface area contributed by atoms with Gasteiger partial charge < -0.3 is 9.84 Å². The standard InChI is InChI=1S/C13H16BrFO2/c1-8-2-3-17-13(8)12(16)6-9-4-10(14)7-11(15)5-9/h4-5,7-8,12-13,16H,2-3,6H2,1H3. The minimum atomic E-state index is -0.568. The number of ether oxygens (including phenoxy) is 1. The van der Waals surface area contributed by atoms with Crippen molar-refractivity contribution in [2.24, 2.45) is 5.92 Å². The van der Waals surface area contributed by atoms with Crippen LogP contribution in [0.4, 0.5) is 4.39 Å². The van der Waals surface area contributed by atoms with E-state index in [1.165, 1.54) is 12.1 Å². The van der Waals surface area contributed by atoms with Gasteiger partial charge in [-0.2, -0.15) is 0 Å². The quantitative estimate of drug-likeness (QED) is 0.930. The molecule has 1 N–H and O–H groups in total. The predicted molar refractivity (Wildman–Crippen MR) is 67.3 cm³/mol. The molecule has 0 amide bonds. The van der Waals surface area contributed by atoms with Gasteiger partial charge in [0.1, 0.15) is 5.82 Å². The third-order valence-electron chi connectivity index (χ3n) is 3.19. The zero-order chi connectivity index (χ0) is 12.4. The first-order valence-electron chi connectivity index (χ1n) is 5.81. The van der Waals surface area contributed by atoms with Crippen molar-refractivity contribution in [3.63, 3.8) is 0 Å². The molecule has 0 spiro atoms. The maximum absolute atomic E-state index is 13.2. The van der Waals surface area contributed by atoms with E-state index in [9.17, 15) is 9.50 Å². The predicted octanol–water partition coefficient (Wildman–Crippen LogP) is 2.92. The fraction of sp³-hybridized carbons (Fsp3) is 0.538. The van der Waals surface area contributed by atoms with Crippen LogP contribution in [-0.4, -0.2) is 23.9 Å². The molecule has 1 aromatic rings. The third kappa shape index (κ3) is 3.27. The van der Waals surface area contributed by atoms with Gasteiger partial charge in [-0.3, -0.25) is 0 Å². The Labute approximate surface area is 109 Å². The van der Waals surface area contributed by atoms with Gasteiger partial charge in [-0.1, -0.05) is 22.9 Å². The van der Waals surface area contributed by atoms with E-state index in [1.807, 2.05) is 6.07 Å². The Bertz CT molecular complexity index is 377. The molecule has 2 rings (SSSR count). The Morgan fingerprint density at radius 3 is 2.88 bits per heavy atom. The van der Waals surface area contributed by atoms with Crippen LogP contribution in [-0.2, 0) is 11.2 Å². The minimum Gasteiger partial charge on any atom is -0.390 e. The molecule has 1 aromatic carbocycles. The van der Waals surface area contributed by atoms with Crippen molar-refractivity contribution >= 4 is 15.9 Å². The normalized spacial score (nSPS) is 26.1. The van der Waals surface area contributed by atoms with Crippen LogP contribution in [0.2, 0.25) is 0 Å². The van der Waals surface area contributed by atoms with Gasteiger partial charge in [-0.15, -0.1) is 0 Å². The summed E-state index contributed by atoms with van der Waals surface area (Å²) in [6.07, 6.45) is 0.707. The van der Waals surface area contributed by atoms with Gasteiger partial charge in [0.2, 0.25) is 0 Å². The molecule has 1 aliphatic rings. The fourth-order valence-electron chi connectivity index (χ4n) is 2.30. The second-order valence-electron chi connectivity index (χ2n) is 4.65. The van der Waals surface area contributed by atoms with Gasteiger partial charge in [0.15, 0.2) is 0 Å². The van der Waals surface area contributed by atoms with Crippen molar-refractivity contribution in [3.8, 4) is 0 Å². The molecule has 0 aromatic heterocycles. The number of rotatable bonds is 3. The molecule has 0 aliphatic carbocycles. The topological polar surface area (TPSA) is 29.5 Å². The Kier molecular flexibility index (Phi) is 4.17. The van der Waals surface area contributed by atoms with Crippen molar-refractivity contribution in [2.75, 3.05) is 6.61 Å². The Hall–Kier alpha value is -0.450. The summed E-state index contributed by atoms with van der Waals surface area (Å²) < 4.78 is 19.4. The fourth-order valence-corrected chi connectivity index (χ4v) is 2.81. The van der Waals surface area contributed by atoms with E-state index in [0.717, 1.165) is 12.0 Å².